The second kappa shape index (κ2) is 8.33. The number of ketones is 1. The summed E-state index contributed by atoms with van der Waals surface area (Å²) in [4.78, 5) is 12.1. The van der Waals surface area contributed by atoms with Gasteiger partial charge in [-0.2, -0.15) is 0 Å². The molecule has 0 aliphatic heterocycles. The Bertz CT molecular complexity index is 915. The molecule has 3 aromatic rings. The van der Waals surface area contributed by atoms with E-state index in [0.717, 1.165) is 0 Å². The van der Waals surface area contributed by atoms with Gasteiger partial charge in [0.2, 0.25) is 0 Å². The molecular formula is C18H15ClFN3O2S. The summed E-state index contributed by atoms with van der Waals surface area (Å²) in [6.07, 6.45) is 0. The molecule has 0 amide bonds. The van der Waals surface area contributed by atoms with Gasteiger partial charge in [-0.15, -0.1) is 10.2 Å². The maximum absolute atomic E-state index is 13.2. The van der Waals surface area contributed by atoms with E-state index >= 15 is 0 Å². The van der Waals surface area contributed by atoms with Crippen molar-refractivity contribution in [1.82, 2.24) is 14.8 Å². The largest absolute Gasteiger partial charge is 0.486 e. The van der Waals surface area contributed by atoms with Gasteiger partial charge in [0, 0.05) is 17.6 Å². The van der Waals surface area contributed by atoms with Gasteiger partial charge in [0.25, 0.3) is 0 Å². The number of carbonyl (C=O) groups excluding carboxylic acids is 1. The number of thioether (sulfide) groups is 1. The molecule has 0 saturated carbocycles. The minimum atomic E-state index is -0.429. The Balaban J connectivity index is 1.58. The van der Waals surface area contributed by atoms with Crippen LogP contribution in [-0.2, 0) is 13.7 Å². The van der Waals surface area contributed by atoms with Crippen LogP contribution in [0, 0.1) is 5.82 Å². The van der Waals surface area contributed by atoms with Crippen molar-refractivity contribution < 1.29 is 13.9 Å². The van der Waals surface area contributed by atoms with Crippen molar-refractivity contribution in [2.45, 2.75) is 11.8 Å². The zero-order valence-corrected chi connectivity index (χ0v) is 15.4. The molecule has 5 nitrogen and oxygen atoms in total. The molecule has 0 saturated heterocycles. The number of Topliss-reactive ketones (excluding diaryl/α,β-unsaturated/α-hetero) is 1. The summed E-state index contributed by atoms with van der Waals surface area (Å²) in [7, 11) is 1.80. The first-order valence-electron chi connectivity index (χ1n) is 7.71. The second-order valence-corrected chi connectivity index (χ2v) is 6.80. The minimum Gasteiger partial charge on any atom is -0.486 e. The molecule has 0 unspecified atom stereocenters. The predicted molar refractivity (Wildman–Crippen MR) is 98.2 cm³/mol. The molecule has 0 fully saturated rings. The van der Waals surface area contributed by atoms with Gasteiger partial charge in [-0.05, 0) is 36.4 Å². The lowest BCUT2D eigenvalue weighted by Gasteiger charge is -2.06. The van der Waals surface area contributed by atoms with Crippen LogP contribution < -0.4 is 4.74 Å². The molecule has 2 aromatic carbocycles. The average Bonchev–Trinajstić information content (AvgIpc) is 2.99. The van der Waals surface area contributed by atoms with Crippen LogP contribution in [0.4, 0.5) is 4.39 Å². The molecule has 0 aliphatic rings. The highest BCUT2D eigenvalue weighted by atomic mass is 35.5. The van der Waals surface area contributed by atoms with Gasteiger partial charge in [-0.25, -0.2) is 4.39 Å². The third kappa shape index (κ3) is 4.62. The van der Waals surface area contributed by atoms with E-state index in [0.29, 0.717) is 27.3 Å². The third-order valence-corrected chi connectivity index (χ3v) is 4.86. The van der Waals surface area contributed by atoms with E-state index in [1.165, 1.54) is 30.0 Å². The zero-order chi connectivity index (χ0) is 18.5. The Hall–Kier alpha value is -2.38. The van der Waals surface area contributed by atoms with Crippen molar-refractivity contribution in [3.05, 3.63) is 70.8 Å². The smallest absolute Gasteiger partial charge is 0.191 e. The summed E-state index contributed by atoms with van der Waals surface area (Å²) < 4.78 is 20.6. The van der Waals surface area contributed by atoms with E-state index in [1.54, 1.807) is 41.9 Å². The normalized spacial score (nSPS) is 10.7. The van der Waals surface area contributed by atoms with Crippen LogP contribution in [0.25, 0.3) is 0 Å². The molecule has 0 N–H and O–H groups in total. The molecule has 0 radical (unpaired) electrons. The van der Waals surface area contributed by atoms with Crippen molar-refractivity contribution in [2.75, 3.05) is 5.75 Å². The van der Waals surface area contributed by atoms with Gasteiger partial charge in [-0.3, -0.25) is 4.79 Å². The number of hydrogen-bond acceptors (Lipinski definition) is 5. The molecule has 0 bridgehead atoms. The highest BCUT2D eigenvalue weighted by Gasteiger charge is 2.13. The lowest BCUT2D eigenvalue weighted by Crippen LogP contribution is -2.06. The third-order valence-electron chi connectivity index (χ3n) is 3.59. The number of hydrogen-bond donors (Lipinski definition) is 0. The van der Waals surface area contributed by atoms with Crippen LogP contribution >= 0.6 is 23.4 Å². The highest BCUT2D eigenvalue weighted by Crippen LogP contribution is 2.20. The number of aromatic nitrogens is 3. The standard InChI is InChI=1S/C18H15ClFN3O2S/c1-23-17(10-25-15-7-5-13(19)6-8-15)21-22-18(23)26-11-16(24)12-3-2-4-14(20)9-12/h2-9H,10-11H2,1H3. The average molecular weight is 392 g/mol. The van der Waals surface area contributed by atoms with E-state index in [2.05, 4.69) is 10.2 Å². The summed E-state index contributed by atoms with van der Waals surface area (Å²) in [5, 5.41) is 9.38. The number of rotatable bonds is 7. The Morgan fingerprint density at radius 2 is 2.00 bits per heavy atom. The molecule has 3 rings (SSSR count). The summed E-state index contributed by atoms with van der Waals surface area (Å²) in [6.45, 7) is 0.240. The first kappa shape index (κ1) is 18.4. The van der Waals surface area contributed by atoms with Crippen LogP contribution in [0.15, 0.2) is 53.7 Å². The number of carbonyl (C=O) groups is 1. The molecule has 1 heterocycles. The molecule has 1 aromatic heterocycles. The van der Waals surface area contributed by atoms with E-state index in [9.17, 15) is 9.18 Å². The zero-order valence-electron chi connectivity index (χ0n) is 13.9. The first-order valence-corrected chi connectivity index (χ1v) is 9.07. The first-order chi connectivity index (χ1) is 12.5. The van der Waals surface area contributed by atoms with Crippen molar-refractivity contribution >= 4 is 29.1 Å². The fraction of sp³-hybridized carbons (Fsp3) is 0.167. The summed E-state index contributed by atoms with van der Waals surface area (Å²) in [5.41, 5.74) is 0.339. The molecule has 0 atom stereocenters. The van der Waals surface area contributed by atoms with E-state index in [1.807, 2.05) is 0 Å². The lowest BCUT2D eigenvalue weighted by molar-refractivity contribution is 0.102. The maximum atomic E-state index is 13.2. The lowest BCUT2D eigenvalue weighted by atomic mass is 10.1. The number of benzene rings is 2. The van der Waals surface area contributed by atoms with E-state index in [-0.39, 0.29) is 18.1 Å². The molecule has 26 heavy (non-hydrogen) atoms. The van der Waals surface area contributed by atoms with Gasteiger partial charge in [0.05, 0.1) is 5.75 Å². The van der Waals surface area contributed by atoms with Gasteiger partial charge in [0.15, 0.2) is 16.8 Å². The Morgan fingerprint density at radius 3 is 2.73 bits per heavy atom. The highest BCUT2D eigenvalue weighted by molar-refractivity contribution is 7.99. The fourth-order valence-electron chi connectivity index (χ4n) is 2.15. The Kier molecular flexibility index (Phi) is 5.90. The maximum Gasteiger partial charge on any atom is 0.191 e. The van der Waals surface area contributed by atoms with Crippen LogP contribution in [0.5, 0.6) is 5.75 Å². The molecule has 134 valence electrons. The van der Waals surface area contributed by atoms with Crippen molar-refractivity contribution in [1.29, 1.82) is 0 Å². The van der Waals surface area contributed by atoms with Gasteiger partial charge in [0.1, 0.15) is 18.2 Å². The number of halogens is 2. The van der Waals surface area contributed by atoms with E-state index in [4.69, 9.17) is 16.3 Å². The van der Waals surface area contributed by atoms with Crippen molar-refractivity contribution in [2.24, 2.45) is 7.05 Å². The van der Waals surface area contributed by atoms with Gasteiger partial charge < -0.3 is 9.30 Å². The topological polar surface area (TPSA) is 57.0 Å². The summed E-state index contributed by atoms with van der Waals surface area (Å²) in [6, 6.07) is 12.7. The summed E-state index contributed by atoms with van der Waals surface area (Å²) in [5.74, 6) is 0.846. The van der Waals surface area contributed by atoms with E-state index < -0.39 is 5.82 Å². The molecule has 0 spiro atoms. The van der Waals surface area contributed by atoms with Crippen LogP contribution in [0.2, 0.25) is 5.02 Å². The fourth-order valence-corrected chi connectivity index (χ4v) is 3.10. The van der Waals surface area contributed by atoms with Gasteiger partial charge in [-0.1, -0.05) is 35.5 Å². The molecule has 0 aliphatic carbocycles. The summed E-state index contributed by atoms with van der Waals surface area (Å²) >= 11 is 7.08. The quantitative estimate of drug-likeness (QED) is 0.447. The number of ether oxygens (including phenoxy) is 1. The predicted octanol–water partition coefficient (Wildman–Crippen LogP) is 4.16. The Morgan fingerprint density at radius 1 is 1.23 bits per heavy atom. The van der Waals surface area contributed by atoms with Crippen LogP contribution in [0.3, 0.4) is 0 Å². The number of nitrogens with zero attached hydrogens (tertiary/aromatic N) is 3. The molecular weight excluding hydrogens is 377 g/mol. The SMILES string of the molecule is Cn1c(COc2ccc(Cl)cc2)nnc1SCC(=O)c1cccc(F)c1. The minimum absolute atomic E-state index is 0.146. The second-order valence-electron chi connectivity index (χ2n) is 5.42. The van der Waals surface area contributed by atoms with Crippen LogP contribution in [0.1, 0.15) is 16.2 Å². The van der Waals surface area contributed by atoms with Crippen molar-refractivity contribution in [3.8, 4) is 5.75 Å². The van der Waals surface area contributed by atoms with Crippen LogP contribution in [-0.4, -0.2) is 26.3 Å². The molecule has 8 heteroatoms. The monoisotopic (exact) mass is 391 g/mol. The Labute approximate surface area is 159 Å². The van der Waals surface area contributed by atoms with Crippen molar-refractivity contribution in [3.63, 3.8) is 0 Å². The van der Waals surface area contributed by atoms with Gasteiger partial charge >= 0.3 is 0 Å².